The third kappa shape index (κ3) is 9.00. The Morgan fingerprint density at radius 1 is 0.875 bits per heavy atom. The second-order valence-corrected chi connectivity index (χ2v) is 6.56. The summed E-state index contributed by atoms with van der Waals surface area (Å²) in [5, 5.41) is 0. The van der Waals surface area contributed by atoms with Gasteiger partial charge in [0.15, 0.2) is 0 Å². The van der Waals surface area contributed by atoms with Gasteiger partial charge < -0.3 is 0 Å². The van der Waals surface area contributed by atoms with Crippen LogP contribution in [0.2, 0.25) is 0 Å². The molecule has 0 heterocycles. The first kappa shape index (κ1) is 15.7. The predicted octanol–water partition coefficient (Wildman–Crippen LogP) is 5.69. The first-order valence-electron chi connectivity index (χ1n) is 6.98. The van der Waals surface area contributed by atoms with Crippen molar-refractivity contribution in [1.29, 1.82) is 0 Å². The molecule has 0 aliphatic rings. The van der Waals surface area contributed by atoms with Crippen LogP contribution in [0.5, 0.6) is 0 Å². The Morgan fingerprint density at radius 3 is 1.81 bits per heavy atom. The molecule has 0 spiro atoms. The van der Waals surface area contributed by atoms with Gasteiger partial charge in [0.2, 0.25) is 0 Å². The fourth-order valence-electron chi connectivity index (χ4n) is 2.80. The Kier molecular flexibility index (Phi) is 7.80. The van der Waals surface area contributed by atoms with Gasteiger partial charge in [-0.05, 0) is 49.9 Å². The molecule has 0 amide bonds. The Bertz CT molecular complexity index is 198. The van der Waals surface area contributed by atoms with Crippen LogP contribution in [0, 0.1) is 23.7 Å². The van der Waals surface area contributed by atoms with Crippen LogP contribution in [0.3, 0.4) is 0 Å². The highest BCUT2D eigenvalue weighted by atomic mass is 14.1. The lowest BCUT2D eigenvalue weighted by Crippen LogP contribution is -2.02. The number of hydrogen-bond donors (Lipinski definition) is 0. The largest absolute Gasteiger partial charge is 0.0827 e. The van der Waals surface area contributed by atoms with Gasteiger partial charge >= 0.3 is 0 Å². The topological polar surface area (TPSA) is 0 Å². The quantitative estimate of drug-likeness (QED) is 0.487. The molecule has 16 heavy (non-hydrogen) atoms. The summed E-state index contributed by atoms with van der Waals surface area (Å²) in [6.07, 6.45) is 6.43. The van der Waals surface area contributed by atoms with E-state index >= 15 is 0 Å². The second kappa shape index (κ2) is 7.92. The molecular weight excluding hydrogens is 192 g/mol. The summed E-state index contributed by atoms with van der Waals surface area (Å²) >= 11 is 0. The summed E-state index contributed by atoms with van der Waals surface area (Å²) in [7, 11) is 0. The van der Waals surface area contributed by atoms with Crippen molar-refractivity contribution in [2.45, 2.75) is 67.7 Å². The molecule has 0 nitrogen and oxygen atoms in total. The van der Waals surface area contributed by atoms with E-state index in [2.05, 4.69) is 54.5 Å². The summed E-state index contributed by atoms with van der Waals surface area (Å²) in [5.41, 5.74) is 1.58. The van der Waals surface area contributed by atoms with Crippen LogP contribution in [-0.2, 0) is 0 Å². The van der Waals surface area contributed by atoms with Crippen molar-refractivity contribution in [3.8, 4) is 0 Å². The third-order valence-corrected chi connectivity index (χ3v) is 2.96. The summed E-state index contributed by atoms with van der Waals surface area (Å²) < 4.78 is 0. The molecule has 2 atom stereocenters. The zero-order valence-electron chi connectivity index (χ0n) is 12.5. The van der Waals surface area contributed by atoms with Gasteiger partial charge in [-0.25, -0.2) is 0 Å². The number of hydrogen-bond acceptors (Lipinski definition) is 0. The van der Waals surface area contributed by atoms with Crippen LogP contribution in [-0.4, -0.2) is 0 Å². The highest BCUT2D eigenvalue weighted by Crippen LogP contribution is 2.21. The van der Waals surface area contributed by atoms with Gasteiger partial charge in [0.25, 0.3) is 0 Å². The van der Waals surface area contributed by atoms with Crippen molar-refractivity contribution < 1.29 is 0 Å². The standard InChI is InChI=1S/C16H32/c1-12(2)8-14(5)10-16(7)11-15(6)9-13(3)4/h10,12-15H,8-9,11H2,1-7H3. The molecule has 0 aromatic rings. The molecule has 0 N–H and O–H groups in total. The molecule has 0 bridgehead atoms. The average molecular weight is 224 g/mol. The van der Waals surface area contributed by atoms with E-state index in [4.69, 9.17) is 0 Å². The Hall–Kier alpha value is -0.260. The van der Waals surface area contributed by atoms with Crippen molar-refractivity contribution in [3.63, 3.8) is 0 Å². The SMILES string of the molecule is CC(=CC(C)CC(C)C)CC(C)CC(C)C. The molecule has 0 aliphatic carbocycles. The Morgan fingerprint density at radius 2 is 1.38 bits per heavy atom. The third-order valence-electron chi connectivity index (χ3n) is 2.96. The predicted molar refractivity (Wildman–Crippen MR) is 75.6 cm³/mol. The van der Waals surface area contributed by atoms with Crippen LogP contribution in [0.4, 0.5) is 0 Å². The molecular formula is C16H32. The summed E-state index contributed by atoms with van der Waals surface area (Å²) in [4.78, 5) is 0. The minimum atomic E-state index is 0.742. The molecule has 0 saturated heterocycles. The maximum atomic E-state index is 2.48. The van der Waals surface area contributed by atoms with Crippen molar-refractivity contribution in [2.75, 3.05) is 0 Å². The molecule has 0 aliphatic heterocycles. The lowest BCUT2D eigenvalue weighted by molar-refractivity contribution is 0.433. The molecule has 96 valence electrons. The minimum absolute atomic E-state index is 0.742. The molecule has 0 aromatic heterocycles. The van der Waals surface area contributed by atoms with Gasteiger partial charge in [-0.1, -0.05) is 53.2 Å². The number of rotatable bonds is 7. The zero-order chi connectivity index (χ0) is 12.7. The van der Waals surface area contributed by atoms with E-state index in [1.165, 1.54) is 19.3 Å². The van der Waals surface area contributed by atoms with Crippen LogP contribution in [0.25, 0.3) is 0 Å². The number of allylic oxidation sites excluding steroid dienone is 2. The zero-order valence-corrected chi connectivity index (χ0v) is 12.5. The van der Waals surface area contributed by atoms with E-state index in [0.717, 1.165) is 23.7 Å². The smallest absolute Gasteiger partial charge is 0.0257 e. The van der Waals surface area contributed by atoms with Gasteiger partial charge in [0, 0.05) is 0 Å². The fraction of sp³-hybridized carbons (Fsp3) is 0.875. The molecule has 2 unspecified atom stereocenters. The average Bonchev–Trinajstić information content (AvgIpc) is 1.97. The van der Waals surface area contributed by atoms with Gasteiger partial charge in [0.05, 0.1) is 0 Å². The highest BCUT2D eigenvalue weighted by Gasteiger charge is 2.07. The van der Waals surface area contributed by atoms with Crippen molar-refractivity contribution in [2.24, 2.45) is 23.7 Å². The van der Waals surface area contributed by atoms with Crippen LogP contribution in [0.15, 0.2) is 11.6 Å². The normalized spacial score (nSPS) is 16.9. The van der Waals surface area contributed by atoms with E-state index in [1.54, 1.807) is 5.57 Å². The van der Waals surface area contributed by atoms with E-state index in [-0.39, 0.29) is 0 Å². The van der Waals surface area contributed by atoms with Crippen molar-refractivity contribution >= 4 is 0 Å². The lowest BCUT2D eigenvalue weighted by atomic mass is 9.90. The van der Waals surface area contributed by atoms with Crippen molar-refractivity contribution in [3.05, 3.63) is 11.6 Å². The minimum Gasteiger partial charge on any atom is -0.0827 e. The van der Waals surface area contributed by atoms with E-state index < -0.39 is 0 Å². The molecule has 0 rings (SSSR count). The molecule has 0 radical (unpaired) electrons. The summed E-state index contributed by atoms with van der Waals surface area (Å²) in [6, 6.07) is 0. The fourth-order valence-corrected chi connectivity index (χ4v) is 2.80. The second-order valence-electron chi connectivity index (χ2n) is 6.56. The van der Waals surface area contributed by atoms with Crippen molar-refractivity contribution in [1.82, 2.24) is 0 Å². The molecule has 0 saturated carbocycles. The first-order chi connectivity index (χ1) is 7.31. The summed E-state index contributed by atoms with van der Waals surface area (Å²) in [6.45, 7) is 16.3. The lowest BCUT2D eigenvalue weighted by Gasteiger charge is -2.16. The van der Waals surface area contributed by atoms with Crippen LogP contribution < -0.4 is 0 Å². The Balaban J connectivity index is 4.02. The van der Waals surface area contributed by atoms with E-state index in [9.17, 15) is 0 Å². The summed E-state index contributed by atoms with van der Waals surface area (Å²) in [5.74, 6) is 3.22. The van der Waals surface area contributed by atoms with Crippen LogP contribution in [0.1, 0.15) is 67.7 Å². The van der Waals surface area contributed by atoms with Gasteiger partial charge in [-0.3, -0.25) is 0 Å². The monoisotopic (exact) mass is 224 g/mol. The Labute approximate surface area is 104 Å². The van der Waals surface area contributed by atoms with E-state index in [0.29, 0.717) is 0 Å². The maximum absolute atomic E-state index is 2.48. The van der Waals surface area contributed by atoms with Gasteiger partial charge in [-0.15, -0.1) is 0 Å². The molecule has 0 aromatic carbocycles. The maximum Gasteiger partial charge on any atom is -0.0257 e. The first-order valence-corrected chi connectivity index (χ1v) is 6.98. The van der Waals surface area contributed by atoms with E-state index in [1.807, 2.05) is 0 Å². The van der Waals surface area contributed by atoms with Gasteiger partial charge in [0.1, 0.15) is 0 Å². The van der Waals surface area contributed by atoms with Crippen LogP contribution >= 0.6 is 0 Å². The highest BCUT2D eigenvalue weighted by molar-refractivity contribution is 5.01. The molecule has 0 fully saturated rings. The molecule has 0 heteroatoms. The van der Waals surface area contributed by atoms with Gasteiger partial charge in [-0.2, -0.15) is 0 Å².